The minimum atomic E-state index is 0.839. The van der Waals surface area contributed by atoms with Gasteiger partial charge in [-0.15, -0.1) is 6.58 Å². The van der Waals surface area contributed by atoms with Gasteiger partial charge >= 0.3 is 0 Å². The molecule has 0 amide bonds. The molecule has 1 aromatic heterocycles. The van der Waals surface area contributed by atoms with Gasteiger partial charge in [0.05, 0.1) is 18.1 Å². The van der Waals surface area contributed by atoms with Crippen LogP contribution in [0.25, 0.3) is 11.0 Å². The van der Waals surface area contributed by atoms with Gasteiger partial charge in [0.25, 0.3) is 0 Å². The Morgan fingerprint density at radius 3 is 3.20 bits per heavy atom. The maximum atomic E-state index is 5.14. The average Bonchev–Trinajstić information content (AvgIpc) is 2.67. The molecule has 0 spiro atoms. The Kier molecular flexibility index (Phi) is 2.97. The van der Waals surface area contributed by atoms with Crippen molar-refractivity contribution < 1.29 is 4.74 Å². The number of methoxy groups -OCH3 is 1. The maximum Gasteiger partial charge on any atom is 0.166 e. The molecular formula is C11H12N2OS. The number of benzene rings is 1. The Hall–Kier alpha value is -1.42. The summed E-state index contributed by atoms with van der Waals surface area (Å²) in [6.07, 6.45) is 1.86. The van der Waals surface area contributed by atoms with E-state index in [0.29, 0.717) is 0 Å². The third-order valence-electron chi connectivity index (χ3n) is 2.01. The fourth-order valence-corrected chi connectivity index (χ4v) is 1.92. The zero-order valence-electron chi connectivity index (χ0n) is 8.49. The quantitative estimate of drug-likeness (QED) is 0.636. The van der Waals surface area contributed by atoms with Crippen molar-refractivity contribution in [3.63, 3.8) is 0 Å². The SMILES string of the molecule is C=CCSc1nc2ccc(OC)cc2[nH]1. The molecule has 0 aliphatic carbocycles. The lowest BCUT2D eigenvalue weighted by Crippen LogP contribution is -1.81. The smallest absolute Gasteiger partial charge is 0.166 e. The topological polar surface area (TPSA) is 37.9 Å². The van der Waals surface area contributed by atoms with Crippen LogP contribution in [0.3, 0.4) is 0 Å². The van der Waals surface area contributed by atoms with Gasteiger partial charge < -0.3 is 9.72 Å². The molecule has 1 heterocycles. The number of aromatic amines is 1. The van der Waals surface area contributed by atoms with Crippen molar-refractivity contribution in [3.05, 3.63) is 30.9 Å². The first-order valence-corrected chi connectivity index (χ1v) is 5.59. The average molecular weight is 220 g/mol. The van der Waals surface area contributed by atoms with Gasteiger partial charge in [0, 0.05) is 11.8 Å². The molecule has 0 aliphatic heterocycles. The van der Waals surface area contributed by atoms with E-state index in [0.717, 1.165) is 27.7 Å². The molecule has 0 aliphatic rings. The molecule has 1 aromatic carbocycles. The van der Waals surface area contributed by atoms with Crippen LogP contribution in [0, 0.1) is 0 Å². The molecule has 0 atom stereocenters. The molecular weight excluding hydrogens is 208 g/mol. The van der Waals surface area contributed by atoms with Crippen molar-refractivity contribution in [1.82, 2.24) is 9.97 Å². The zero-order valence-corrected chi connectivity index (χ0v) is 9.30. The molecule has 1 N–H and O–H groups in total. The normalized spacial score (nSPS) is 10.5. The van der Waals surface area contributed by atoms with Crippen LogP contribution in [0.4, 0.5) is 0 Å². The van der Waals surface area contributed by atoms with Crippen molar-refractivity contribution in [2.75, 3.05) is 12.9 Å². The zero-order chi connectivity index (χ0) is 10.7. The number of imidazole rings is 1. The number of aromatic nitrogens is 2. The molecule has 15 heavy (non-hydrogen) atoms. The van der Waals surface area contributed by atoms with Gasteiger partial charge in [0.15, 0.2) is 5.16 Å². The van der Waals surface area contributed by atoms with Crippen LogP contribution in [0.1, 0.15) is 0 Å². The van der Waals surface area contributed by atoms with Crippen LogP contribution < -0.4 is 4.74 Å². The van der Waals surface area contributed by atoms with E-state index in [-0.39, 0.29) is 0 Å². The van der Waals surface area contributed by atoms with E-state index >= 15 is 0 Å². The van der Waals surface area contributed by atoms with Crippen molar-refractivity contribution in [3.8, 4) is 5.75 Å². The molecule has 2 rings (SSSR count). The minimum Gasteiger partial charge on any atom is -0.497 e. The van der Waals surface area contributed by atoms with E-state index in [1.54, 1.807) is 18.9 Å². The Morgan fingerprint density at radius 2 is 2.47 bits per heavy atom. The fourth-order valence-electron chi connectivity index (χ4n) is 1.30. The number of hydrogen-bond donors (Lipinski definition) is 1. The van der Waals surface area contributed by atoms with Crippen molar-refractivity contribution in [1.29, 1.82) is 0 Å². The molecule has 4 heteroatoms. The summed E-state index contributed by atoms with van der Waals surface area (Å²) in [5, 5.41) is 0.915. The first-order chi connectivity index (χ1) is 7.33. The molecule has 0 bridgehead atoms. The van der Waals surface area contributed by atoms with E-state index in [2.05, 4.69) is 16.5 Å². The molecule has 78 valence electrons. The fraction of sp³-hybridized carbons (Fsp3) is 0.182. The molecule has 0 fully saturated rings. The summed E-state index contributed by atoms with van der Waals surface area (Å²) in [7, 11) is 1.66. The monoisotopic (exact) mass is 220 g/mol. The van der Waals surface area contributed by atoms with Gasteiger partial charge in [-0.3, -0.25) is 0 Å². The van der Waals surface area contributed by atoms with Crippen LogP contribution in [-0.2, 0) is 0 Å². The predicted octanol–water partition coefficient (Wildman–Crippen LogP) is 2.85. The maximum absolute atomic E-state index is 5.14. The third kappa shape index (κ3) is 2.15. The Balaban J connectivity index is 2.33. The van der Waals surface area contributed by atoms with Crippen LogP contribution in [-0.4, -0.2) is 22.8 Å². The molecule has 0 saturated heterocycles. The summed E-state index contributed by atoms with van der Waals surface area (Å²) in [5.41, 5.74) is 1.96. The number of hydrogen-bond acceptors (Lipinski definition) is 3. The van der Waals surface area contributed by atoms with Crippen molar-refractivity contribution >= 4 is 22.8 Å². The summed E-state index contributed by atoms with van der Waals surface area (Å²) in [4.78, 5) is 7.66. The highest BCUT2D eigenvalue weighted by Gasteiger charge is 2.03. The van der Waals surface area contributed by atoms with Crippen molar-refractivity contribution in [2.24, 2.45) is 0 Å². The minimum absolute atomic E-state index is 0.839. The lowest BCUT2D eigenvalue weighted by atomic mass is 10.3. The highest BCUT2D eigenvalue weighted by atomic mass is 32.2. The van der Waals surface area contributed by atoms with E-state index in [1.165, 1.54) is 0 Å². The van der Waals surface area contributed by atoms with Crippen molar-refractivity contribution in [2.45, 2.75) is 5.16 Å². The first-order valence-electron chi connectivity index (χ1n) is 4.61. The largest absolute Gasteiger partial charge is 0.497 e. The van der Waals surface area contributed by atoms with Crippen LogP contribution in [0.2, 0.25) is 0 Å². The van der Waals surface area contributed by atoms with Gasteiger partial charge in [0.1, 0.15) is 5.75 Å². The van der Waals surface area contributed by atoms with Gasteiger partial charge in [-0.1, -0.05) is 17.8 Å². The van der Waals surface area contributed by atoms with E-state index in [1.807, 2.05) is 24.3 Å². The molecule has 0 radical (unpaired) electrons. The van der Waals surface area contributed by atoms with Gasteiger partial charge in [-0.2, -0.15) is 0 Å². The summed E-state index contributed by atoms with van der Waals surface area (Å²) in [6, 6.07) is 5.80. The number of rotatable bonds is 4. The summed E-state index contributed by atoms with van der Waals surface area (Å²) >= 11 is 1.63. The molecule has 0 saturated carbocycles. The van der Waals surface area contributed by atoms with E-state index in [9.17, 15) is 0 Å². The predicted molar refractivity (Wildman–Crippen MR) is 63.6 cm³/mol. The van der Waals surface area contributed by atoms with Gasteiger partial charge in [-0.25, -0.2) is 4.98 Å². The summed E-state index contributed by atoms with van der Waals surface area (Å²) in [6.45, 7) is 3.67. The number of nitrogens with one attached hydrogen (secondary N) is 1. The second kappa shape index (κ2) is 4.40. The Bertz CT molecular complexity index is 478. The van der Waals surface area contributed by atoms with E-state index in [4.69, 9.17) is 4.74 Å². The Morgan fingerprint density at radius 1 is 1.60 bits per heavy atom. The van der Waals surface area contributed by atoms with Gasteiger partial charge in [-0.05, 0) is 12.1 Å². The molecule has 3 nitrogen and oxygen atoms in total. The van der Waals surface area contributed by atoms with Gasteiger partial charge in [0.2, 0.25) is 0 Å². The third-order valence-corrected chi connectivity index (χ3v) is 2.87. The standard InChI is InChI=1S/C11H12N2OS/c1-3-6-15-11-12-9-5-4-8(14-2)7-10(9)13-11/h3-5,7H,1,6H2,2H3,(H,12,13). The first kappa shape index (κ1) is 10.1. The summed E-state index contributed by atoms with van der Waals surface area (Å²) < 4.78 is 5.14. The lowest BCUT2D eigenvalue weighted by molar-refractivity contribution is 0.415. The number of H-pyrrole nitrogens is 1. The highest BCUT2D eigenvalue weighted by molar-refractivity contribution is 7.99. The van der Waals surface area contributed by atoms with Crippen LogP contribution >= 0.6 is 11.8 Å². The second-order valence-corrected chi connectivity index (χ2v) is 4.03. The number of nitrogens with zero attached hydrogens (tertiary/aromatic N) is 1. The lowest BCUT2D eigenvalue weighted by Gasteiger charge is -1.96. The number of fused-ring (bicyclic) bond motifs is 1. The summed E-state index contributed by atoms with van der Waals surface area (Å²) in [5.74, 6) is 1.70. The second-order valence-electron chi connectivity index (χ2n) is 3.02. The van der Waals surface area contributed by atoms with Crippen LogP contribution in [0.15, 0.2) is 36.0 Å². The number of thioether (sulfide) groups is 1. The number of ether oxygens (including phenoxy) is 1. The highest BCUT2D eigenvalue weighted by Crippen LogP contribution is 2.22. The van der Waals surface area contributed by atoms with Crippen LogP contribution in [0.5, 0.6) is 5.75 Å². The molecule has 0 unspecified atom stereocenters. The molecule has 2 aromatic rings. The van der Waals surface area contributed by atoms with E-state index < -0.39 is 0 Å². The Labute approximate surface area is 92.5 Å².